The maximum Gasteiger partial charge on any atom is 0.254 e. The van der Waals surface area contributed by atoms with Gasteiger partial charge in [-0.25, -0.2) is 4.98 Å². The second-order valence-corrected chi connectivity index (χ2v) is 8.43. The molecular weight excluding hydrogens is 414 g/mol. The number of carbonyl (C=O) groups is 1. The van der Waals surface area contributed by atoms with Gasteiger partial charge < -0.3 is 19.3 Å². The number of halogens is 1. The van der Waals surface area contributed by atoms with Gasteiger partial charge in [-0.2, -0.15) is 0 Å². The minimum absolute atomic E-state index is 0. The number of carbonyl (C=O) groups excluding carboxylic acids is 1. The molecule has 0 N–H and O–H groups in total. The lowest BCUT2D eigenvalue weighted by Gasteiger charge is -2.49. The Bertz CT molecular complexity index is 856. The molecule has 0 saturated carbocycles. The van der Waals surface area contributed by atoms with Crippen LogP contribution in [0, 0.1) is 0 Å². The summed E-state index contributed by atoms with van der Waals surface area (Å²) in [6.07, 6.45) is 2.85. The van der Waals surface area contributed by atoms with E-state index in [4.69, 9.17) is 9.47 Å². The third-order valence-electron chi connectivity index (χ3n) is 6.16. The number of ether oxygens (including phenoxy) is 2. The Kier molecular flexibility index (Phi) is 7.92. The molecule has 3 heterocycles. The van der Waals surface area contributed by atoms with Gasteiger partial charge in [-0.05, 0) is 38.0 Å². The molecule has 2 aliphatic rings. The van der Waals surface area contributed by atoms with Crippen molar-refractivity contribution >= 4 is 18.3 Å². The minimum atomic E-state index is -0.229. The zero-order chi connectivity index (χ0) is 21.0. The molecule has 2 aromatic rings. The van der Waals surface area contributed by atoms with E-state index in [0.717, 1.165) is 50.2 Å². The molecule has 0 aliphatic carbocycles. The second-order valence-electron chi connectivity index (χ2n) is 8.43. The summed E-state index contributed by atoms with van der Waals surface area (Å²) in [6, 6.07) is 15.5. The number of amides is 1. The highest BCUT2D eigenvalue weighted by Crippen LogP contribution is 2.33. The maximum absolute atomic E-state index is 13.0. The molecule has 2 fully saturated rings. The predicted octanol–water partition coefficient (Wildman–Crippen LogP) is 3.45. The highest BCUT2D eigenvalue weighted by molar-refractivity contribution is 5.94. The third-order valence-corrected chi connectivity index (χ3v) is 6.16. The standard InChI is InChI=1S/C24H31N3O3.ClH/c1-19-17-27(23(28)20-7-4-3-5-8-20)18-24(30-19)12-15-26(16-13-24)14-11-21-9-6-10-22(25-21)29-2;/h3-10,19H,11-18H2,1-2H3;1H. The van der Waals surface area contributed by atoms with Crippen LogP contribution in [0.4, 0.5) is 0 Å². The number of pyridine rings is 1. The van der Waals surface area contributed by atoms with Crippen molar-refractivity contribution in [3.63, 3.8) is 0 Å². The molecule has 1 amide bonds. The van der Waals surface area contributed by atoms with E-state index < -0.39 is 0 Å². The predicted molar refractivity (Wildman–Crippen MR) is 123 cm³/mol. The summed E-state index contributed by atoms with van der Waals surface area (Å²) in [4.78, 5) is 22.0. The van der Waals surface area contributed by atoms with E-state index in [1.54, 1.807) is 7.11 Å². The first-order valence-corrected chi connectivity index (χ1v) is 10.8. The van der Waals surface area contributed by atoms with Gasteiger partial charge in [-0.1, -0.05) is 24.3 Å². The molecule has 31 heavy (non-hydrogen) atoms. The lowest BCUT2D eigenvalue weighted by atomic mass is 9.88. The monoisotopic (exact) mass is 445 g/mol. The van der Waals surface area contributed by atoms with Crippen molar-refractivity contribution in [2.75, 3.05) is 39.8 Å². The molecule has 6 nitrogen and oxygen atoms in total. The molecular formula is C24H32ClN3O3. The van der Waals surface area contributed by atoms with Crippen molar-refractivity contribution in [2.45, 2.75) is 37.9 Å². The number of rotatable bonds is 5. The molecule has 0 radical (unpaired) electrons. The summed E-state index contributed by atoms with van der Waals surface area (Å²) in [5.74, 6) is 0.773. The fourth-order valence-electron chi connectivity index (χ4n) is 4.59. The van der Waals surface area contributed by atoms with Crippen LogP contribution in [0.3, 0.4) is 0 Å². The van der Waals surface area contributed by atoms with Crippen LogP contribution in [0.2, 0.25) is 0 Å². The summed E-state index contributed by atoms with van der Waals surface area (Å²) in [5.41, 5.74) is 1.58. The molecule has 4 rings (SSSR count). The summed E-state index contributed by atoms with van der Waals surface area (Å²) < 4.78 is 11.6. The van der Waals surface area contributed by atoms with Crippen LogP contribution in [-0.2, 0) is 11.2 Å². The summed E-state index contributed by atoms with van der Waals surface area (Å²) in [6.45, 7) is 6.33. The summed E-state index contributed by atoms with van der Waals surface area (Å²) in [5, 5.41) is 0. The first-order chi connectivity index (χ1) is 14.6. The van der Waals surface area contributed by atoms with E-state index in [-0.39, 0.29) is 30.0 Å². The minimum Gasteiger partial charge on any atom is -0.481 e. The first kappa shape index (κ1) is 23.5. The molecule has 1 unspecified atom stereocenters. The molecule has 2 saturated heterocycles. The number of likely N-dealkylation sites (tertiary alicyclic amines) is 1. The van der Waals surface area contributed by atoms with Crippen molar-refractivity contribution in [1.29, 1.82) is 0 Å². The number of benzene rings is 1. The van der Waals surface area contributed by atoms with Crippen LogP contribution in [0.1, 0.15) is 35.8 Å². The van der Waals surface area contributed by atoms with Crippen molar-refractivity contribution in [1.82, 2.24) is 14.8 Å². The zero-order valence-corrected chi connectivity index (χ0v) is 19.1. The highest BCUT2D eigenvalue weighted by atomic mass is 35.5. The van der Waals surface area contributed by atoms with E-state index in [1.165, 1.54) is 0 Å². The maximum atomic E-state index is 13.0. The fraction of sp³-hybridized carbons (Fsp3) is 0.500. The fourth-order valence-corrected chi connectivity index (χ4v) is 4.59. The number of morpholine rings is 1. The largest absolute Gasteiger partial charge is 0.481 e. The van der Waals surface area contributed by atoms with Gasteiger partial charge in [-0.15, -0.1) is 12.4 Å². The van der Waals surface area contributed by atoms with Crippen LogP contribution >= 0.6 is 12.4 Å². The average Bonchev–Trinajstić information content (AvgIpc) is 2.78. The lowest BCUT2D eigenvalue weighted by molar-refractivity contribution is -0.161. The van der Waals surface area contributed by atoms with Crippen molar-refractivity contribution in [2.24, 2.45) is 0 Å². The Balaban J connectivity index is 0.00000272. The number of nitrogens with zero attached hydrogens (tertiary/aromatic N) is 3. The van der Waals surface area contributed by atoms with Gasteiger partial charge in [0.1, 0.15) is 0 Å². The Morgan fingerprint density at radius 2 is 1.90 bits per heavy atom. The van der Waals surface area contributed by atoms with E-state index in [9.17, 15) is 4.79 Å². The van der Waals surface area contributed by atoms with E-state index in [1.807, 2.05) is 53.4 Å². The Hall–Kier alpha value is -2.15. The van der Waals surface area contributed by atoms with Crippen LogP contribution in [0.25, 0.3) is 0 Å². The number of hydrogen-bond acceptors (Lipinski definition) is 5. The van der Waals surface area contributed by atoms with Gasteiger partial charge in [0.25, 0.3) is 5.91 Å². The van der Waals surface area contributed by atoms with Crippen molar-refractivity contribution in [3.05, 3.63) is 59.8 Å². The number of piperidine rings is 1. The van der Waals surface area contributed by atoms with Gasteiger partial charge in [0.2, 0.25) is 5.88 Å². The Morgan fingerprint density at radius 1 is 1.16 bits per heavy atom. The van der Waals surface area contributed by atoms with Gasteiger partial charge >= 0.3 is 0 Å². The molecule has 1 aromatic carbocycles. The molecule has 7 heteroatoms. The van der Waals surface area contributed by atoms with Crippen LogP contribution in [0.15, 0.2) is 48.5 Å². The van der Waals surface area contributed by atoms with E-state index in [0.29, 0.717) is 19.0 Å². The van der Waals surface area contributed by atoms with E-state index in [2.05, 4.69) is 16.8 Å². The lowest BCUT2D eigenvalue weighted by Crippen LogP contribution is -2.60. The molecule has 2 aliphatic heterocycles. The molecule has 0 bridgehead atoms. The Labute approximate surface area is 191 Å². The quantitative estimate of drug-likeness (QED) is 0.705. The summed E-state index contributed by atoms with van der Waals surface area (Å²) in [7, 11) is 1.65. The number of hydrogen-bond donors (Lipinski definition) is 0. The molecule has 168 valence electrons. The van der Waals surface area contributed by atoms with Crippen LogP contribution < -0.4 is 4.74 Å². The van der Waals surface area contributed by atoms with Gasteiger partial charge in [-0.3, -0.25) is 4.79 Å². The third kappa shape index (κ3) is 5.76. The SMILES string of the molecule is COc1cccc(CCN2CCC3(CC2)CN(C(=O)c2ccccc2)CC(C)O3)n1.Cl. The number of methoxy groups -OCH3 is 1. The van der Waals surface area contributed by atoms with Gasteiger partial charge in [0, 0.05) is 49.9 Å². The smallest absolute Gasteiger partial charge is 0.254 e. The summed E-state index contributed by atoms with van der Waals surface area (Å²) >= 11 is 0. The normalized spacial score (nSPS) is 20.8. The second kappa shape index (κ2) is 10.4. The van der Waals surface area contributed by atoms with Gasteiger partial charge in [0.15, 0.2) is 0 Å². The topological polar surface area (TPSA) is 54.9 Å². The Morgan fingerprint density at radius 3 is 2.61 bits per heavy atom. The van der Waals surface area contributed by atoms with E-state index >= 15 is 0 Å². The number of aromatic nitrogens is 1. The molecule has 1 atom stereocenters. The van der Waals surface area contributed by atoms with Crippen molar-refractivity contribution < 1.29 is 14.3 Å². The average molecular weight is 446 g/mol. The molecule has 1 aromatic heterocycles. The highest BCUT2D eigenvalue weighted by Gasteiger charge is 2.43. The zero-order valence-electron chi connectivity index (χ0n) is 18.3. The van der Waals surface area contributed by atoms with Gasteiger partial charge in [0.05, 0.1) is 25.4 Å². The molecule has 1 spiro atoms. The van der Waals surface area contributed by atoms with Crippen LogP contribution in [-0.4, -0.2) is 72.2 Å². The first-order valence-electron chi connectivity index (χ1n) is 10.8. The van der Waals surface area contributed by atoms with Crippen molar-refractivity contribution in [3.8, 4) is 5.88 Å². The van der Waals surface area contributed by atoms with Crippen LogP contribution in [0.5, 0.6) is 5.88 Å².